The van der Waals surface area contributed by atoms with Crippen LogP contribution in [0.4, 0.5) is 0 Å². The summed E-state index contributed by atoms with van der Waals surface area (Å²) in [5.41, 5.74) is 5.50. The third-order valence-corrected chi connectivity index (χ3v) is 1.39. The SMILES string of the molecule is NC(=O)COc1cccc(C=[OH+])c1. The average Bonchev–Trinajstić information content (AvgIpc) is 2.15. The Hall–Kier alpha value is -1.84. The molecule has 0 heterocycles. The smallest absolute Gasteiger partial charge is 0.312 e. The number of nitrogens with two attached hydrogens (primary N) is 1. The normalized spacial score (nSPS) is 9.23. The second-order valence-electron chi connectivity index (χ2n) is 2.46. The zero-order valence-corrected chi connectivity index (χ0v) is 6.93. The first-order valence-electron chi connectivity index (χ1n) is 3.71. The van der Waals surface area contributed by atoms with E-state index in [1.165, 1.54) is 0 Å². The summed E-state index contributed by atoms with van der Waals surface area (Å²) in [5, 5.41) is 0. The van der Waals surface area contributed by atoms with Gasteiger partial charge in [0.15, 0.2) is 6.61 Å². The minimum atomic E-state index is -0.529. The second kappa shape index (κ2) is 4.25. The van der Waals surface area contributed by atoms with Crippen molar-refractivity contribution in [2.75, 3.05) is 6.61 Å². The Morgan fingerprint density at radius 3 is 3.00 bits per heavy atom. The highest BCUT2D eigenvalue weighted by Gasteiger charge is 1.99. The topological polar surface area (TPSA) is 73.7 Å². The van der Waals surface area contributed by atoms with Crippen molar-refractivity contribution in [2.45, 2.75) is 0 Å². The molecular formula is C9H10NO3+. The van der Waals surface area contributed by atoms with Gasteiger partial charge in [-0.15, -0.1) is 0 Å². The fourth-order valence-corrected chi connectivity index (χ4v) is 0.839. The Morgan fingerprint density at radius 2 is 2.38 bits per heavy atom. The van der Waals surface area contributed by atoms with Crippen LogP contribution in [0.1, 0.15) is 5.56 Å². The van der Waals surface area contributed by atoms with Gasteiger partial charge < -0.3 is 10.5 Å². The summed E-state index contributed by atoms with van der Waals surface area (Å²) in [4.78, 5) is 19.0. The van der Waals surface area contributed by atoms with Gasteiger partial charge in [-0.3, -0.25) is 9.59 Å². The van der Waals surface area contributed by atoms with Crippen molar-refractivity contribution in [2.24, 2.45) is 5.73 Å². The highest BCUT2D eigenvalue weighted by molar-refractivity contribution is 5.77. The fraction of sp³-hybridized carbons (Fsp3) is 0.111. The first kappa shape index (κ1) is 9.25. The average molecular weight is 180 g/mol. The summed E-state index contributed by atoms with van der Waals surface area (Å²) in [6.07, 6.45) is 0.955. The first-order chi connectivity index (χ1) is 6.22. The lowest BCUT2D eigenvalue weighted by Crippen LogP contribution is -2.20. The molecule has 3 N–H and O–H groups in total. The molecule has 0 atom stereocenters. The molecule has 0 bridgehead atoms. The minimum absolute atomic E-state index is 0.158. The van der Waals surface area contributed by atoms with E-state index in [0.29, 0.717) is 11.3 Å². The van der Waals surface area contributed by atoms with Crippen LogP contribution in [0.5, 0.6) is 5.75 Å². The maximum Gasteiger partial charge on any atom is 0.312 e. The van der Waals surface area contributed by atoms with Gasteiger partial charge in [-0.25, -0.2) is 0 Å². The first-order valence-corrected chi connectivity index (χ1v) is 3.71. The highest BCUT2D eigenvalue weighted by atomic mass is 16.5. The van der Waals surface area contributed by atoms with E-state index in [1.54, 1.807) is 24.3 Å². The second-order valence-corrected chi connectivity index (χ2v) is 2.46. The maximum atomic E-state index is 10.4. The van der Waals surface area contributed by atoms with Crippen molar-refractivity contribution in [1.82, 2.24) is 0 Å². The van der Waals surface area contributed by atoms with Crippen LogP contribution in [0.3, 0.4) is 0 Å². The van der Waals surface area contributed by atoms with Crippen LogP contribution >= 0.6 is 0 Å². The standard InChI is InChI=1S/C9H9NO3/c10-9(12)6-13-8-3-1-2-7(4-8)5-11/h1-5H,6H2,(H2,10,12)/p+1. The van der Waals surface area contributed by atoms with Crippen LogP contribution in [0.15, 0.2) is 24.3 Å². The van der Waals surface area contributed by atoms with E-state index in [4.69, 9.17) is 15.3 Å². The lowest BCUT2D eigenvalue weighted by Gasteiger charge is -2.02. The van der Waals surface area contributed by atoms with Gasteiger partial charge in [0.25, 0.3) is 5.91 Å². The molecule has 4 heteroatoms. The molecule has 0 radical (unpaired) electrons. The van der Waals surface area contributed by atoms with E-state index in [0.717, 1.165) is 6.29 Å². The quantitative estimate of drug-likeness (QED) is 0.526. The molecule has 0 aliphatic rings. The van der Waals surface area contributed by atoms with Gasteiger partial charge in [-0.2, -0.15) is 0 Å². The number of benzene rings is 1. The molecular weight excluding hydrogens is 170 g/mol. The molecule has 1 rings (SSSR count). The van der Waals surface area contributed by atoms with Gasteiger partial charge >= 0.3 is 6.29 Å². The molecule has 1 aromatic rings. The number of rotatable bonds is 4. The van der Waals surface area contributed by atoms with E-state index in [1.807, 2.05) is 0 Å². The lowest BCUT2D eigenvalue weighted by molar-refractivity contribution is -0.119. The van der Waals surface area contributed by atoms with E-state index >= 15 is 0 Å². The van der Waals surface area contributed by atoms with Gasteiger partial charge in [0.2, 0.25) is 0 Å². The van der Waals surface area contributed by atoms with E-state index in [-0.39, 0.29) is 6.61 Å². The molecule has 0 saturated heterocycles. The Balaban J connectivity index is 2.66. The van der Waals surface area contributed by atoms with Gasteiger partial charge in [0.05, 0.1) is 5.56 Å². The van der Waals surface area contributed by atoms with Crippen LogP contribution in [0, 0.1) is 0 Å². The number of carbonyl (C=O) groups excluding carboxylic acids is 2. The zero-order chi connectivity index (χ0) is 9.68. The Morgan fingerprint density at radius 1 is 1.62 bits per heavy atom. The molecule has 0 unspecified atom stereocenters. The summed E-state index contributed by atoms with van der Waals surface area (Å²) in [5.74, 6) is -0.0278. The molecule has 13 heavy (non-hydrogen) atoms. The van der Waals surface area contributed by atoms with Gasteiger partial charge in [-0.1, -0.05) is 6.07 Å². The van der Waals surface area contributed by atoms with Crippen molar-refractivity contribution < 1.29 is 14.3 Å². The molecule has 0 aliphatic carbocycles. The zero-order valence-electron chi connectivity index (χ0n) is 6.93. The summed E-state index contributed by atoms with van der Waals surface area (Å²) in [6.45, 7) is -0.158. The number of aldehydes is 1. The predicted molar refractivity (Wildman–Crippen MR) is 48.2 cm³/mol. The number of amides is 1. The largest absolute Gasteiger partial charge is 0.484 e. The molecule has 0 aliphatic heterocycles. The molecule has 68 valence electrons. The number of hydrogen-bond donors (Lipinski definition) is 1. The molecule has 0 fully saturated rings. The summed E-state index contributed by atoms with van der Waals surface area (Å²) in [6, 6.07) is 6.69. The van der Waals surface area contributed by atoms with Gasteiger partial charge in [0, 0.05) is 0 Å². The molecule has 4 nitrogen and oxygen atoms in total. The Kier molecular flexibility index (Phi) is 3.03. The van der Waals surface area contributed by atoms with Crippen molar-refractivity contribution in [1.29, 1.82) is 0 Å². The van der Waals surface area contributed by atoms with Crippen LogP contribution < -0.4 is 10.5 Å². The monoisotopic (exact) mass is 180 g/mol. The van der Waals surface area contributed by atoms with E-state index < -0.39 is 5.91 Å². The Bertz CT molecular complexity index is 322. The molecule has 0 aromatic heterocycles. The minimum Gasteiger partial charge on any atom is -0.484 e. The number of primary amides is 1. The number of carbonyl (C=O) groups is 1. The van der Waals surface area contributed by atoms with Crippen LogP contribution in [0.25, 0.3) is 0 Å². The Labute approximate surface area is 75.3 Å². The van der Waals surface area contributed by atoms with Crippen LogP contribution in [-0.4, -0.2) is 23.6 Å². The molecule has 0 saturated carbocycles. The van der Waals surface area contributed by atoms with Gasteiger partial charge in [0.1, 0.15) is 5.75 Å². The molecule has 1 amide bonds. The number of ether oxygens (including phenoxy) is 1. The summed E-state index contributed by atoms with van der Waals surface area (Å²) in [7, 11) is 0. The summed E-state index contributed by atoms with van der Waals surface area (Å²) < 4.78 is 5.00. The van der Waals surface area contributed by atoms with E-state index in [9.17, 15) is 4.79 Å². The lowest BCUT2D eigenvalue weighted by atomic mass is 10.2. The third kappa shape index (κ3) is 2.94. The van der Waals surface area contributed by atoms with Gasteiger partial charge in [-0.05, 0) is 18.2 Å². The van der Waals surface area contributed by atoms with Crippen LogP contribution in [0.2, 0.25) is 0 Å². The number of hydrogen-bond acceptors (Lipinski definition) is 2. The fourth-order valence-electron chi connectivity index (χ4n) is 0.839. The van der Waals surface area contributed by atoms with Crippen molar-refractivity contribution in [3.8, 4) is 5.75 Å². The van der Waals surface area contributed by atoms with Crippen molar-refractivity contribution in [3.05, 3.63) is 29.8 Å². The molecule has 0 spiro atoms. The summed E-state index contributed by atoms with van der Waals surface area (Å²) >= 11 is 0. The van der Waals surface area contributed by atoms with Crippen LogP contribution in [-0.2, 0) is 4.79 Å². The van der Waals surface area contributed by atoms with Crippen molar-refractivity contribution in [3.63, 3.8) is 0 Å². The van der Waals surface area contributed by atoms with Crippen molar-refractivity contribution >= 4 is 12.2 Å². The predicted octanol–water partition coefficient (Wildman–Crippen LogP) is 0.0735. The molecule has 1 aromatic carbocycles. The van der Waals surface area contributed by atoms with E-state index in [2.05, 4.69) is 0 Å². The highest BCUT2D eigenvalue weighted by Crippen LogP contribution is 2.11. The maximum absolute atomic E-state index is 10.4. The third-order valence-electron chi connectivity index (χ3n) is 1.39.